The average Bonchev–Trinajstić information content (AvgIpc) is 2.00. The second-order valence-corrected chi connectivity index (χ2v) is 3.68. The van der Waals surface area contributed by atoms with Crippen LogP contribution in [-0.2, 0) is 4.79 Å². The first-order chi connectivity index (χ1) is 5.37. The quantitative estimate of drug-likeness (QED) is 0.370. The highest BCUT2D eigenvalue weighted by atomic mass is 127. The molecule has 0 heterocycles. The molecule has 5 nitrogen and oxygen atoms in total. The van der Waals surface area contributed by atoms with Crippen LogP contribution >= 0.6 is 22.6 Å². The van der Waals surface area contributed by atoms with Crippen molar-refractivity contribution in [3.05, 3.63) is 0 Å². The number of ketones is 1. The molecule has 0 aromatic carbocycles. The van der Waals surface area contributed by atoms with Gasteiger partial charge in [0, 0.05) is 0 Å². The van der Waals surface area contributed by atoms with Crippen LogP contribution in [0.4, 0.5) is 0 Å². The molecule has 72 valence electrons. The number of alkyl halides is 1. The third kappa shape index (κ3) is 3.31. The minimum absolute atomic E-state index is 0.980. The Morgan fingerprint density at radius 1 is 1.17 bits per heavy atom. The monoisotopic (exact) mass is 290 g/mol. The zero-order valence-electron chi connectivity index (χ0n) is 6.38. The van der Waals surface area contributed by atoms with Crippen LogP contribution in [0.2, 0.25) is 0 Å². The lowest BCUT2D eigenvalue weighted by Crippen LogP contribution is -2.42. The number of Topliss-reactive ketones (excluding diaryl/α,β-unsaturated/α-hetero) is 1. The van der Waals surface area contributed by atoms with E-state index in [1.54, 1.807) is 0 Å². The molecule has 0 radical (unpaired) electrons. The van der Waals surface area contributed by atoms with Gasteiger partial charge in [-0.05, 0) is 29.5 Å². The fraction of sp³-hybridized carbons (Fsp3) is 0.833. The molecule has 4 atom stereocenters. The van der Waals surface area contributed by atoms with Gasteiger partial charge in [0.15, 0.2) is 5.78 Å². The third-order valence-corrected chi connectivity index (χ3v) is 1.98. The van der Waals surface area contributed by atoms with Gasteiger partial charge in [0.1, 0.15) is 16.3 Å². The van der Waals surface area contributed by atoms with E-state index in [-0.39, 0.29) is 0 Å². The molecule has 0 aliphatic carbocycles. The summed E-state index contributed by atoms with van der Waals surface area (Å²) < 4.78 is -1.27. The van der Waals surface area contributed by atoms with Gasteiger partial charge in [0.2, 0.25) is 0 Å². The predicted octanol–water partition coefficient (Wildman–Crippen LogP) is -1.59. The molecule has 0 aromatic rings. The second kappa shape index (κ2) is 5.07. The van der Waals surface area contributed by atoms with E-state index in [1.807, 2.05) is 0 Å². The molecule has 0 bridgehead atoms. The highest BCUT2D eigenvalue weighted by Crippen LogP contribution is 2.07. The van der Waals surface area contributed by atoms with E-state index in [0.29, 0.717) is 0 Å². The van der Waals surface area contributed by atoms with Crippen molar-refractivity contribution in [2.75, 3.05) is 0 Å². The van der Waals surface area contributed by atoms with Crippen molar-refractivity contribution in [2.45, 2.75) is 29.3 Å². The lowest BCUT2D eigenvalue weighted by molar-refractivity contribution is -0.143. The molecular weight excluding hydrogens is 279 g/mol. The van der Waals surface area contributed by atoms with E-state index in [1.165, 1.54) is 29.5 Å². The Bertz CT molecular complexity index is 142. The summed E-state index contributed by atoms with van der Waals surface area (Å²) in [6.45, 7) is 1.22. The summed E-state index contributed by atoms with van der Waals surface area (Å²) in [5.41, 5.74) is 0. The number of rotatable bonds is 4. The van der Waals surface area contributed by atoms with Gasteiger partial charge < -0.3 is 20.4 Å². The number of hydrogen-bond acceptors (Lipinski definition) is 5. The van der Waals surface area contributed by atoms with Crippen LogP contribution < -0.4 is 0 Å². The average molecular weight is 290 g/mol. The molecule has 12 heavy (non-hydrogen) atoms. The molecule has 0 spiro atoms. The molecule has 0 saturated heterocycles. The van der Waals surface area contributed by atoms with Gasteiger partial charge in [-0.2, -0.15) is 0 Å². The maximum Gasteiger partial charge on any atom is 0.195 e. The van der Waals surface area contributed by atoms with Crippen molar-refractivity contribution in [3.63, 3.8) is 0 Å². The number of carbonyl (C=O) groups excluding carboxylic acids is 1. The fourth-order valence-corrected chi connectivity index (χ4v) is 0.903. The number of aliphatic hydroxyl groups is 4. The predicted molar refractivity (Wildman–Crippen MR) is 48.7 cm³/mol. The van der Waals surface area contributed by atoms with E-state index >= 15 is 0 Å². The van der Waals surface area contributed by atoms with E-state index in [4.69, 9.17) is 20.4 Å². The van der Waals surface area contributed by atoms with Crippen LogP contribution in [0.15, 0.2) is 0 Å². The number of carbonyl (C=O) groups is 1. The lowest BCUT2D eigenvalue weighted by Gasteiger charge is -2.17. The van der Waals surface area contributed by atoms with Crippen LogP contribution in [0.5, 0.6) is 0 Å². The summed E-state index contributed by atoms with van der Waals surface area (Å²) in [4.78, 5) is 10.9. The van der Waals surface area contributed by atoms with Gasteiger partial charge in [-0.1, -0.05) is 0 Å². The Hall–Kier alpha value is 0.240. The van der Waals surface area contributed by atoms with Crippen molar-refractivity contribution in [2.24, 2.45) is 0 Å². The molecule has 0 amide bonds. The Morgan fingerprint density at radius 3 is 1.83 bits per heavy atom. The van der Waals surface area contributed by atoms with Crippen LogP contribution in [-0.4, -0.2) is 48.6 Å². The molecule has 1 unspecified atom stereocenters. The molecule has 0 fully saturated rings. The fourth-order valence-electron chi connectivity index (χ4n) is 0.548. The topological polar surface area (TPSA) is 98.0 Å². The van der Waals surface area contributed by atoms with E-state index in [0.717, 1.165) is 0 Å². The van der Waals surface area contributed by atoms with Gasteiger partial charge in [-0.3, -0.25) is 4.79 Å². The second-order valence-electron chi connectivity index (χ2n) is 2.41. The molecule has 4 N–H and O–H groups in total. The summed E-state index contributed by atoms with van der Waals surface area (Å²) in [5.74, 6) is -0.980. The van der Waals surface area contributed by atoms with Crippen LogP contribution in [0.25, 0.3) is 0 Å². The first kappa shape index (κ1) is 12.2. The standard InChI is InChI=1S/C6H11IO5/c1-2(8)3(9)4(10)5(11)6(7)12/h2-3,5-6,8-9,11-12H,1H3/t2-,3+,5-,6?/m1/s1. The Kier molecular flexibility index (Phi) is 5.18. The highest BCUT2D eigenvalue weighted by molar-refractivity contribution is 14.1. The minimum atomic E-state index is -1.66. The molecule has 6 heteroatoms. The van der Waals surface area contributed by atoms with Crippen molar-refractivity contribution in [1.82, 2.24) is 0 Å². The maximum absolute atomic E-state index is 10.9. The van der Waals surface area contributed by atoms with Crippen molar-refractivity contribution in [1.29, 1.82) is 0 Å². The Balaban J connectivity index is 4.19. The van der Waals surface area contributed by atoms with Crippen molar-refractivity contribution < 1.29 is 25.2 Å². The number of hydrogen-bond donors (Lipinski definition) is 4. The van der Waals surface area contributed by atoms with Crippen molar-refractivity contribution in [3.8, 4) is 0 Å². The Morgan fingerprint density at radius 2 is 1.58 bits per heavy atom. The zero-order chi connectivity index (χ0) is 9.89. The largest absolute Gasteiger partial charge is 0.390 e. The van der Waals surface area contributed by atoms with Crippen LogP contribution in [0.1, 0.15) is 6.92 Å². The van der Waals surface area contributed by atoms with Gasteiger partial charge in [-0.25, -0.2) is 0 Å². The molecule has 0 saturated carbocycles. The SMILES string of the molecule is C[C@@H](O)[C@H](O)C(=O)[C@@H](O)C(O)I. The molecule has 0 aromatic heterocycles. The molecule has 0 aliphatic rings. The smallest absolute Gasteiger partial charge is 0.195 e. The number of aliphatic hydroxyl groups excluding tert-OH is 4. The van der Waals surface area contributed by atoms with E-state index < -0.39 is 28.2 Å². The first-order valence-electron chi connectivity index (χ1n) is 3.28. The van der Waals surface area contributed by atoms with Gasteiger partial charge in [-0.15, -0.1) is 0 Å². The van der Waals surface area contributed by atoms with Crippen molar-refractivity contribution >= 4 is 28.4 Å². The summed E-state index contributed by atoms with van der Waals surface area (Å²) in [5, 5.41) is 35.4. The third-order valence-electron chi connectivity index (χ3n) is 1.30. The van der Waals surface area contributed by atoms with Gasteiger partial charge in [0.25, 0.3) is 0 Å². The van der Waals surface area contributed by atoms with Gasteiger partial charge >= 0.3 is 0 Å². The molecular formula is C6H11IO5. The number of halogens is 1. The van der Waals surface area contributed by atoms with Gasteiger partial charge in [0.05, 0.1) is 6.10 Å². The first-order valence-corrected chi connectivity index (χ1v) is 4.52. The molecule has 0 aliphatic heterocycles. The normalized spacial score (nSPS) is 21.2. The minimum Gasteiger partial charge on any atom is -0.390 e. The Labute approximate surface area is 83.2 Å². The van der Waals surface area contributed by atoms with E-state index in [2.05, 4.69) is 0 Å². The summed E-state index contributed by atoms with van der Waals surface area (Å²) in [7, 11) is 0. The summed E-state index contributed by atoms with van der Waals surface area (Å²) in [6, 6.07) is 0. The molecule has 0 rings (SSSR count). The summed E-state index contributed by atoms with van der Waals surface area (Å²) in [6.07, 6.45) is -4.55. The summed E-state index contributed by atoms with van der Waals surface area (Å²) >= 11 is 1.43. The van der Waals surface area contributed by atoms with Crippen LogP contribution in [0, 0.1) is 0 Å². The zero-order valence-corrected chi connectivity index (χ0v) is 8.54. The van der Waals surface area contributed by atoms with Crippen LogP contribution in [0.3, 0.4) is 0 Å². The van der Waals surface area contributed by atoms with E-state index in [9.17, 15) is 4.79 Å². The maximum atomic E-state index is 10.9. The highest BCUT2D eigenvalue weighted by Gasteiger charge is 2.30. The lowest BCUT2D eigenvalue weighted by atomic mass is 10.1.